The van der Waals surface area contributed by atoms with Gasteiger partial charge in [0.25, 0.3) is 5.91 Å². The van der Waals surface area contributed by atoms with Gasteiger partial charge in [-0.1, -0.05) is 0 Å². The first-order valence-corrected chi connectivity index (χ1v) is 8.56. The Hall–Kier alpha value is -2.70. The van der Waals surface area contributed by atoms with Gasteiger partial charge in [-0.15, -0.1) is 0 Å². The Morgan fingerprint density at radius 1 is 1.20 bits per heavy atom. The van der Waals surface area contributed by atoms with E-state index in [4.69, 9.17) is 4.74 Å². The number of likely N-dealkylation sites (tertiary alicyclic amines) is 1. The molecule has 1 N–H and O–H groups in total. The number of hydrogen-bond donors (Lipinski definition) is 1. The number of nitrogens with zero attached hydrogens (tertiary/aromatic N) is 3. The topological polar surface area (TPSA) is 84.4 Å². The summed E-state index contributed by atoms with van der Waals surface area (Å²) in [6.45, 7) is 3.07. The number of carbonyl (C=O) groups excluding carboxylic acids is 2. The lowest BCUT2D eigenvalue weighted by atomic mass is 10.1. The summed E-state index contributed by atoms with van der Waals surface area (Å²) < 4.78 is 5.57. The van der Waals surface area contributed by atoms with E-state index in [9.17, 15) is 9.59 Å². The first-order chi connectivity index (χ1) is 12.1. The smallest absolute Gasteiger partial charge is 0.258 e. The molecule has 0 aliphatic carbocycles. The minimum atomic E-state index is -0.554. The van der Waals surface area contributed by atoms with Crippen LogP contribution in [0.1, 0.15) is 26.2 Å². The van der Waals surface area contributed by atoms with E-state index in [0.29, 0.717) is 16.8 Å². The average molecular weight is 342 g/mol. The Kier molecular flexibility index (Phi) is 5.42. The molecule has 0 saturated carbocycles. The van der Waals surface area contributed by atoms with Crippen molar-refractivity contribution < 1.29 is 14.3 Å². The van der Waals surface area contributed by atoms with Crippen molar-refractivity contribution in [3.8, 4) is 5.75 Å². The third-order valence-corrected chi connectivity index (χ3v) is 4.23. The molecule has 2 amide bonds. The van der Waals surface area contributed by atoms with Crippen molar-refractivity contribution in [2.75, 3.05) is 19.7 Å². The zero-order valence-corrected chi connectivity index (χ0v) is 14.3. The van der Waals surface area contributed by atoms with Crippen molar-refractivity contribution in [1.29, 1.82) is 0 Å². The van der Waals surface area contributed by atoms with E-state index in [-0.39, 0.29) is 18.4 Å². The highest BCUT2D eigenvalue weighted by atomic mass is 16.5. The standard InChI is InChI=1S/C18H22N4O3/c1-13(18(24)22-10-3-2-4-11-22)21-16(23)12-25-15-7-9-19-14-6-5-8-20-17(14)15/h5-9,13H,2-4,10-12H2,1H3,(H,21,23)/t13-/m1/s1. The lowest BCUT2D eigenvalue weighted by molar-refractivity contribution is -0.137. The van der Waals surface area contributed by atoms with Crippen molar-refractivity contribution >= 4 is 22.8 Å². The molecule has 3 rings (SSSR count). The first-order valence-electron chi connectivity index (χ1n) is 8.56. The molecule has 0 spiro atoms. The number of amides is 2. The molecule has 1 atom stereocenters. The van der Waals surface area contributed by atoms with Crippen molar-refractivity contribution in [2.45, 2.75) is 32.2 Å². The number of nitrogens with one attached hydrogen (secondary N) is 1. The number of piperidine rings is 1. The van der Waals surface area contributed by atoms with E-state index >= 15 is 0 Å². The van der Waals surface area contributed by atoms with Crippen LogP contribution < -0.4 is 10.1 Å². The van der Waals surface area contributed by atoms with E-state index in [1.54, 1.807) is 31.5 Å². The van der Waals surface area contributed by atoms with Crippen molar-refractivity contribution in [3.63, 3.8) is 0 Å². The number of hydrogen-bond acceptors (Lipinski definition) is 5. The molecule has 0 aromatic carbocycles. The maximum Gasteiger partial charge on any atom is 0.258 e. The van der Waals surface area contributed by atoms with Crippen LogP contribution in [0.25, 0.3) is 11.0 Å². The van der Waals surface area contributed by atoms with Crippen LogP contribution in [-0.4, -0.2) is 52.4 Å². The minimum absolute atomic E-state index is 0.0379. The molecule has 2 aromatic heterocycles. The summed E-state index contributed by atoms with van der Waals surface area (Å²) in [5.41, 5.74) is 1.31. The molecule has 0 bridgehead atoms. The maximum atomic E-state index is 12.3. The highest BCUT2D eigenvalue weighted by Gasteiger charge is 2.23. The molecule has 0 unspecified atom stereocenters. The quantitative estimate of drug-likeness (QED) is 0.891. The number of carbonyl (C=O) groups is 2. The molecule has 3 heterocycles. The SMILES string of the molecule is C[C@@H](NC(=O)COc1ccnc2cccnc12)C(=O)N1CCCCC1. The summed E-state index contributed by atoms with van der Waals surface area (Å²) in [5.74, 6) is 0.124. The van der Waals surface area contributed by atoms with Gasteiger partial charge in [0.1, 0.15) is 17.3 Å². The Labute approximate surface area is 146 Å². The van der Waals surface area contributed by atoms with Crippen LogP contribution in [0.2, 0.25) is 0 Å². The van der Waals surface area contributed by atoms with E-state index < -0.39 is 6.04 Å². The molecular weight excluding hydrogens is 320 g/mol. The minimum Gasteiger partial charge on any atom is -0.481 e. The summed E-state index contributed by atoms with van der Waals surface area (Å²) in [7, 11) is 0. The second kappa shape index (κ2) is 7.92. The number of aromatic nitrogens is 2. The van der Waals surface area contributed by atoms with Crippen LogP contribution in [0, 0.1) is 0 Å². The zero-order chi connectivity index (χ0) is 17.6. The molecular formula is C18H22N4O3. The predicted octanol–water partition coefficient (Wildman–Crippen LogP) is 1.53. The van der Waals surface area contributed by atoms with Gasteiger partial charge < -0.3 is 15.0 Å². The fourth-order valence-corrected chi connectivity index (χ4v) is 2.95. The molecule has 1 aliphatic rings. The van der Waals surface area contributed by atoms with Crippen molar-refractivity contribution in [1.82, 2.24) is 20.2 Å². The fraction of sp³-hybridized carbons (Fsp3) is 0.444. The Balaban J connectivity index is 1.54. The lowest BCUT2D eigenvalue weighted by Crippen LogP contribution is -2.49. The number of ether oxygens (including phenoxy) is 1. The molecule has 7 nitrogen and oxygen atoms in total. The van der Waals surface area contributed by atoms with E-state index in [1.807, 2.05) is 11.0 Å². The van der Waals surface area contributed by atoms with E-state index in [2.05, 4.69) is 15.3 Å². The van der Waals surface area contributed by atoms with Crippen LogP contribution in [0.4, 0.5) is 0 Å². The average Bonchev–Trinajstić information content (AvgIpc) is 2.66. The third kappa shape index (κ3) is 4.23. The van der Waals surface area contributed by atoms with Crippen LogP contribution in [0.5, 0.6) is 5.75 Å². The van der Waals surface area contributed by atoms with E-state index in [1.165, 1.54) is 0 Å². The molecule has 132 valence electrons. The van der Waals surface area contributed by atoms with Gasteiger partial charge in [0.2, 0.25) is 5.91 Å². The van der Waals surface area contributed by atoms with Crippen LogP contribution >= 0.6 is 0 Å². The molecule has 1 fully saturated rings. The summed E-state index contributed by atoms with van der Waals surface area (Å²) in [5, 5.41) is 2.70. The van der Waals surface area contributed by atoms with Gasteiger partial charge in [-0.3, -0.25) is 19.6 Å². The third-order valence-electron chi connectivity index (χ3n) is 4.23. The highest BCUT2D eigenvalue weighted by molar-refractivity contribution is 5.88. The van der Waals surface area contributed by atoms with Crippen LogP contribution in [0.3, 0.4) is 0 Å². The maximum absolute atomic E-state index is 12.3. The molecule has 0 radical (unpaired) electrons. The van der Waals surface area contributed by atoms with Crippen LogP contribution in [-0.2, 0) is 9.59 Å². The zero-order valence-electron chi connectivity index (χ0n) is 14.3. The number of pyridine rings is 2. The van der Waals surface area contributed by atoms with Gasteiger partial charge in [-0.05, 0) is 38.3 Å². The Morgan fingerprint density at radius 2 is 2.00 bits per heavy atom. The van der Waals surface area contributed by atoms with Gasteiger partial charge in [0, 0.05) is 31.5 Å². The van der Waals surface area contributed by atoms with Gasteiger partial charge in [0.15, 0.2) is 6.61 Å². The summed E-state index contributed by atoms with van der Waals surface area (Å²) >= 11 is 0. The molecule has 7 heteroatoms. The summed E-state index contributed by atoms with van der Waals surface area (Å²) in [6, 6.07) is 4.74. The summed E-state index contributed by atoms with van der Waals surface area (Å²) in [6.07, 6.45) is 6.47. The second-order valence-corrected chi connectivity index (χ2v) is 6.14. The molecule has 25 heavy (non-hydrogen) atoms. The largest absolute Gasteiger partial charge is 0.481 e. The van der Waals surface area contributed by atoms with Crippen molar-refractivity contribution in [3.05, 3.63) is 30.6 Å². The van der Waals surface area contributed by atoms with Gasteiger partial charge >= 0.3 is 0 Å². The molecule has 1 aliphatic heterocycles. The predicted molar refractivity (Wildman–Crippen MR) is 93.1 cm³/mol. The first kappa shape index (κ1) is 17.1. The van der Waals surface area contributed by atoms with Gasteiger partial charge in [-0.25, -0.2) is 0 Å². The van der Waals surface area contributed by atoms with Gasteiger partial charge in [-0.2, -0.15) is 0 Å². The molecule has 1 saturated heterocycles. The Morgan fingerprint density at radius 3 is 2.80 bits per heavy atom. The number of rotatable bonds is 5. The van der Waals surface area contributed by atoms with E-state index in [0.717, 1.165) is 32.4 Å². The fourth-order valence-electron chi connectivity index (χ4n) is 2.95. The second-order valence-electron chi connectivity index (χ2n) is 6.14. The van der Waals surface area contributed by atoms with Gasteiger partial charge in [0.05, 0.1) is 5.52 Å². The normalized spacial score (nSPS) is 15.6. The Bertz CT molecular complexity index is 754. The summed E-state index contributed by atoms with van der Waals surface area (Å²) in [4.78, 5) is 34.7. The molecule has 2 aromatic rings. The highest BCUT2D eigenvalue weighted by Crippen LogP contribution is 2.20. The number of fused-ring (bicyclic) bond motifs is 1. The van der Waals surface area contributed by atoms with Crippen molar-refractivity contribution in [2.24, 2.45) is 0 Å². The van der Waals surface area contributed by atoms with Crippen LogP contribution in [0.15, 0.2) is 30.6 Å². The lowest BCUT2D eigenvalue weighted by Gasteiger charge is -2.29. The monoisotopic (exact) mass is 342 g/mol.